The van der Waals surface area contributed by atoms with E-state index in [4.69, 9.17) is 4.52 Å². The number of amides is 1. The Hall–Kier alpha value is -3.02. The smallest absolute Gasteiger partial charge is 0.227 e. The molecular weight excluding hydrogens is 316 g/mol. The molecule has 1 N–H and O–H groups in total. The van der Waals surface area contributed by atoms with Gasteiger partial charge in [-0.05, 0) is 31.5 Å². The minimum atomic E-state index is -0.0682. The van der Waals surface area contributed by atoms with Gasteiger partial charge in [0.15, 0.2) is 0 Å². The van der Waals surface area contributed by atoms with Crippen LogP contribution in [0.1, 0.15) is 36.4 Å². The predicted molar refractivity (Wildman–Crippen MR) is 93.6 cm³/mol. The Morgan fingerprint density at radius 3 is 2.60 bits per heavy atom. The van der Waals surface area contributed by atoms with Crippen molar-refractivity contribution < 1.29 is 9.32 Å². The Labute approximate surface area is 146 Å². The van der Waals surface area contributed by atoms with Crippen LogP contribution in [0.15, 0.2) is 53.3 Å². The number of hydrogen-bond acceptors (Lipinski definition) is 5. The first-order valence-electron chi connectivity index (χ1n) is 8.21. The van der Waals surface area contributed by atoms with Crippen molar-refractivity contribution in [1.82, 2.24) is 20.4 Å². The highest BCUT2D eigenvalue weighted by atomic mass is 16.5. The van der Waals surface area contributed by atoms with Gasteiger partial charge in [-0.3, -0.25) is 9.78 Å². The van der Waals surface area contributed by atoms with Crippen LogP contribution < -0.4 is 5.32 Å². The Balaban J connectivity index is 1.53. The van der Waals surface area contributed by atoms with Gasteiger partial charge in [-0.15, -0.1) is 0 Å². The van der Waals surface area contributed by atoms with E-state index in [0.29, 0.717) is 24.6 Å². The van der Waals surface area contributed by atoms with Crippen LogP contribution >= 0.6 is 0 Å². The summed E-state index contributed by atoms with van der Waals surface area (Å²) in [4.78, 5) is 20.4. The standard InChI is InChI=1S/C19H20N4O2/c1-13-3-5-16(6-4-13)19-22-18(25-23-19)8-7-17(24)21-14(2)15-9-11-20-12-10-15/h3-6,9-12,14H,7-8H2,1-2H3,(H,21,24)/t14-/m1/s1. The SMILES string of the molecule is Cc1ccc(-c2noc(CCC(=O)N[C@H](C)c3ccncc3)n2)cc1. The first-order chi connectivity index (χ1) is 12.1. The fourth-order valence-corrected chi connectivity index (χ4v) is 2.45. The van der Waals surface area contributed by atoms with Gasteiger partial charge in [0.2, 0.25) is 17.6 Å². The third-order valence-corrected chi connectivity index (χ3v) is 3.93. The lowest BCUT2D eigenvalue weighted by Gasteiger charge is -2.13. The molecule has 0 aliphatic heterocycles. The van der Waals surface area contributed by atoms with Gasteiger partial charge in [0.05, 0.1) is 6.04 Å². The number of pyridine rings is 1. The van der Waals surface area contributed by atoms with Gasteiger partial charge < -0.3 is 9.84 Å². The first kappa shape index (κ1) is 16.8. The molecule has 0 unspecified atom stereocenters. The summed E-state index contributed by atoms with van der Waals surface area (Å²) in [6, 6.07) is 11.6. The second-order valence-corrected chi connectivity index (χ2v) is 5.95. The molecular formula is C19H20N4O2. The Morgan fingerprint density at radius 1 is 1.16 bits per heavy atom. The molecule has 1 atom stereocenters. The quantitative estimate of drug-likeness (QED) is 0.747. The second-order valence-electron chi connectivity index (χ2n) is 5.95. The number of rotatable bonds is 6. The molecule has 1 amide bonds. The summed E-state index contributed by atoms with van der Waals surface area (Å²) >= 11 is 0. The minimum absolute atomic E-state index is 0.0561. The largest absolute Gasteiger partial charge is 0.350 e. The van der Waals surface area contributed by atoms with E-state index in [1.54, 1.807) is 12.4 Å². The highest BCUT2D eigenvalue weighted by Gasteiger charge is 2.13. The fraction of sp³-hybridized carbons (Fsp3) is 0.263. The van der Waals surface area contributed by atoms with E-state index in [2.05, 4.69) is 20.4 Å². The van der Waals surface area contributed by atoms with E-state index in [0.717, 1.165) is 11.1 Å². The van der Waals surface area contributed by atoms with Crippen molar-refractivity contribution in [2.45, 2.75) is 32.7 Å². The molecule has 0 radical (unpaired) electrons. The summed E-state index contributed by atoms with van der Waals surface area (Å²) in [7, 11) is 0. The highest BCUT2D eigenvalue weighted by Crippen LogP contribution is 2.17. The highest BCUT2D eigenvalue weighted by molar-refractivity contribution is 5.76. The lowest BCUT2D eigenvalue weighted by Crippen LogP contribution is -2.26. The zero-order valence-corrected chi connectivity index (χ0v) is 14.3. The van der Waals surface area contributed by atoms with E-state index in [-0.39, 0.29) is 11.9 Å². The molecule has 2 aromatic heterocycles. The maximum absolute atomic E-state index is 12.1. The molecule has 0 fully saturated rings. The third-order valence-electron chi connectivity index (χ3n) is 3.93. The number of carbonyl (C=O) groups excluding carboxylic acids is 1. The van der Waals surface area contributed by atoms with E-state index in [9.17, 15) is 4.79 Å². The van der Waals surface area contributed by atoms with E-state index < -0.39 is 0 Å². The van der Waals surface area contributed by atoms with Crippen molar-refractivity contribution in [2.75, 3.05) is 0 Å². The molecule has 25 heavy (non-hydrogen) atoms. The molecule has 6 heteroatoms. The predicted octanol–water partition coefficient (Wildman–Crippen LogP) is 3.25. The molecule has 0 aliphatic carbocycles. The molecule has 3 aromatic rings. The Bertz CT molecular complexity index is 828. The second kappa shape index (κ2) is 7.70. The van der Waals surface area contributed by atoms with Crippen molar-refractivity contribution >= 4 is 5.91 Å². The summed E-state index contributed by atoms with van der Waals surface area (Å²) in [5.74, 6) is 0.947. The molecule has 128 valence electrons. The minimum Gasteiger partial charge on any atom is -0.350 e. The van der Waals surface area contributed by atoms with Crippen LogP contribution in [0.4, 0.5) is 0 Å². The van der Waals surface area contributed by atoms with Crippen molar-refractivity contribution in [2.24, 2.45) is 0 Å². The summed E-state index contributed by atoms with van der Waals surface area (Å²) in [6.45, 7) is 3.96. The first-order valence-corrected chi connectivity index (χ1v) is 8.21. The Morgan fingerprint density at radius 2 is 1.88 bits per heavy atom. The van der Waals surface area contributed by atoms with E-state index in [1.165, 1.54) is 5.56 Å². The van der Waals surface area contributed by atoms with Gasteiger partial charge in [-0.1, -0.05) is 35.0 Å². The maximum Gasteiger partial charge on any atom is 0.227 e. The molecule has 1 aromatic carbocycles. The molecule has 0 spiro atoms. The molecule has 0 bridgehead atoms. The topological polar surface area (TPSA) is 80.9 Å². The van der Waals surface area contributed by atoms with Crippen molar-refractivity contribution in [1.29, 1.82) is 0 Å². The van der Waals surface area contributed by atoms with Crippen molar-refractivity contribution in [3.63, 3.8) is 0 Å². The van der Waals surface area contributed by atoms with Crippen molar-refractivity contribution in [3.05, 3.63) is 65.8 Å². The van der Waals surface area contributed by atoms with Gasteiger partial charge in [-0.2, -0.15) is 4.98 Å². The molecule has 3 rings (SSSR count). The van der Waals surface area contributed by atoms with Crippen LogP contribution in [-0.2, 0) is 11.2 Å². The van der Waals surface area contributed by atoms with Crippen LogP contribution in [0.2, 0.25) is 0 Å². The monoisotopic (exact) mass is 336 g/mol. The number of hydrogen-bond donors (Lipinski definition) is 1. The number of carbonyl (C=O) groups is 1. The Kier molecular flexibility index (Phi) is 5.18. The number of aryl methyl sites for hydroxylation is 2. The molecule has 6 nitrogen and oxygen atoms in total. The normalized spacial score (nSPS) is 11.9. The summed E-state index contributed by atoms with van der Waals surface area (Å²) in [5.41, 5.74) is 3.09. The zero-order chi connectivity index (χ0) is 17.6. The number of nitrogens with one attached hydrogen (secondary N) is 1. The summed E-state index contributed by atoms with van der Waals surface area (Å²) in [6.07, 6.45) is 4.13. The third kappa shape index (κ3) is 4.50. The van der Waals surface area contributed by atoms with Gasteiger partial charge in [0, 0.05) is 30.8 Å². The van der Waals surface area contributed by atoms with Gasteiger partial charge >= 0.3 is 0 Å². The summed E-state index contributed by atoms with van der Waals surface area (Å²) < 4.78 is 5.24. The van der Waals surface area contributed by atoms with E-state index >= 15 is 0 Å². The molecule has 2 heterocycles. The maximum atomic E-state index is 12.1. The van der Waals surface area contributed by atoms with Crippen LogP contribution in [-0.4, -0.2) is 21.0 Å². The zero-order valence-electron chi connectivity index (χ0n) is 14.3. The average molecular weight is 336 g/mol. The average Bonchev–Trinajstić information content (AvgIpc) is 3.10. The van der Waals surface area contributed by atoms with Crippen LogP contribution in [0.25, 0.3) is 11.4 Å². The van der Waals surface area contributed by atoms with Crippen LogP contribution in [0.3, 0.4) is 0 Å². The van der Waals surface area contributed by atoms with E-state index in [1.807, 2.05) is 50.2 Å². The van der Waals surface area contributed by atoms with Crippen molar-refractivity contribution in [3.8, 4) is 11.4 Å². The number of nitrogens with zero attached hydrogens (tertiary/aromatic N) is 3. The van der Waals surface area contributed by atoms with Gasteiger partial charge in [0.25, 0.3) is 0 Å². The van der Waals surface area contributed by atoms with Gasteiger partial charge in [-0.25, -0.2) is 0 Å². The summed E-state index contributed by atoms with van der Waals surface area (Å²) in [5, 5.41) is 6.93. The number of aromatic nitrogens is 3. The lowest BCUT2D eigenvalue weighted by molar-refractivity contribution is -0.121. The van der Waals surface area contributed by atoms with Crippen LogP contribution in [0.5, 0.6) is 0 Å². The fourth-order valence-electron chi connectivity index (χ4n) is 2.45. The molecule has 0 saturated heterocycles. The lowest BCUT2D eigenvalue weighted by atomic mass is 10.1. The molecule has 0 saturated carbocycles. The van der Waals surface area contributed by atoms with Crippen LogP contribution in [0, 0.1) is 6.92 Å². The van der Waals surface area contributed by atoms with Gasteiger partial charge in [0.1, 0.15) is 0 Å². The number of benzene rings is 1. The molecule has 0 aliphatic rings.